The second kappa shape index (κ2) is 5.78. The van der Waals surface area contributed by atoms with Crippen LogP contribution in [0.5, 0.6) is 0 Å². The monoisotopic (exact) mass is 325 g/mol. The molecule has 2 aromatic carbocycles. The number of amides is 1. The summed E-state index contributed by atoms with van der Waals surface area (Å²) >= 11 is 1.44. The molecule has 2 nitrogen and oxygen atoms in total. The second-order valence-corrected chi connectivity index (χ2v) is 7.03. The molecule has 0 radical (unpaired) electrons. The zero-order chi connectivity index (χ0) is 15.8. The minimum atomic E-state index is -0.266. The van der Waals surface area contributed by atoms with E-state index in [2.05, 4.69) is 0 Å². The third-order valence-corrected chi connectivity index (χ3v) is 5.24. The Bertz CT molecular complexity index is 854. The van der Waals surface area contributed by atoms with E-state index in [4.69, 9.17) is 0 Å². The summed E-state index contributed by atoms with van der Waals surface area (Å²) in [5.74, 6) is -0.212. The SMILES string of the molecule is O=C(c1cc2cc(F)ccc2s1)N(Cc1ccccc1)C1CC1. The van der Waals surface area contributed by atoms with E-state index in [0.717, 1.165) is 28.5 Å². The summed E-state index contributed by atoms with van der Waals surface area (Å²) in [4.78, 5) is 15.6. The first kappa shape index (κ1) is 14.4. The maximum atomic E-state index is 13.3. The standard InChI is InChI=1S/C19H16FNOS/c20-15-6-9-17-14(10-15)11-18(23-17)19(22)21(16-7-8-16)12-13-4-2-1-3-5-13/h1-6,9-11,16H,7-8,12H2. The average Bonchev–Trinajstić information content (AvgIpc) is 3.32. The summed E-state index contributed by atoms with van der Waals surface area (Å²) in [6.45, 7) is 0.632. The summed E-state index contributed by atoms with van der Waals surface area (Å²) in [7, 11) is 0. The van der Waals surface area contributed by atoms with E-state index in [9.17, 15) is 9.18 Å². The van der Waals surface area contributed by atoms with E-state index in [1.54, 1.807) is 6.07 Å². The van der Waals surface area contributed by atoms with E-state index in [-0.39, 0.29) is 11.7 Å². The first-order valence-electron chi connectivity index (χ1n) is 7.75. The Kier molecular flexibility index (Phi) is 3.62. The average molecular weight is 325 g/mol. The number of hydrogen-bond acceptors (Lipinski definition) is 2. The summed E-state index contributed by atoms with van der Waals surface area (Å²) < 4.78 is 14.3. The summed E-state index contributed by atoms with van der Waals surface area (Å²) in [6, 6.07) is 16.9. The Balaban J connectivity index is 1.63. The molecular formula is C19H16FNOS. The number of thiophene rings is 1. The first-order valence-corrected chi connectivity index (χ1v) is 8.56. The Labute approximate surface area is 138 Å². The van der Waals surface area contributed by atoms with Crippen molar-refractivity contribution in [1.82, 2.24) is 4.90 Å². The quantitative estimate of drug-likeness (QED) is 0.672. The summed E-state index contributed by atoms with van der Waals surface area (Å²) in [5, 5.41) is 0.800. The van der Waals surface area contributed by atoms with Crippen LogP contribution >= 0.6 is 11.3 Å². The fourth-order valence-corrected chi connectivity index (χ4v) is 3.79. The largest absolute Gasteiger partial charge is 0.331 e. The van der Waals surface area contributed by atoms with Crippen molar-refractivity contribution in [2.24, 2.45) is 0 Å². The summed E-state index contributed by atoms with van der Waals surface area (Å²) in [5.41, 5.74) is 1.14. The van der Waals surface area contributed by atoms with Crippen molar-refractivity contribution in [2.75, 3.05) is 0 Å². The molecule has 0 atom stereocenters. The topological polar surface area (TPSA) is 20.3 Å². The van der Waals surface area contributed by atoms with Crippen LogP contribution < -0.4 is 0 Å². The zero-order valence-electron chi connectivity index (χ0n) is 12.5. The predicted octanol–water partition coefficient (Wildman–Crippen LogP) is 4.85. The Morgan fingerprint density at radius 3 is 2.65 bits per heavy atom. The molecule has 0 saturated heterocycles. The van der Waals surface area contributed by atoms with Gasteiger partial charge in [-0.25, -0.2) is 4.39 Å². The normalized spacial score (nSPS) is 14.1. The fourth-order valence-electron chi connectivity index (χ4n) is 2.79. The van der Waals surface area contributed by atoms with E-state index < -0.39 is 0 Å². The maximum absolute atomic E-state index is 13.3. The lowest BCUT2D eigenvalue weighted by Crippen LogP contribution is -2.32. The van der Waals surface area contributed by atoms with Gasteiger partial charge in [0.2, 0.25) is 0 Å². The van der Waals surface area contributed by atoms with Gasteiger partial charge in [0.15, 0.2) is 0 Å². The van der Waals surface area contributed by atoms with Gasteiger partial charge in [-0.15, -0.1) is 11.3 Å². The molecular weight excluding hydrogens is 309 g/mol. The van der Waals surface area contributed by atoms with Crippen LogP contribution in [0.1, 0.15) is 28.1 Å². The van der Waals surface area contributed by atoms with Crippen molar-refractivity contribution in [2.45, 2.75) is 25.4 Å². The Morgan fingerprint density at radius 1 is 1.13 bits per heavy atom. The second-order valence-electron chi connectivity index (χ2n) is 5.94. The minimum absolute atomic E-state index is 0.0537. The molecule has 0 bridgehead atoms. The molecule has 23 heavy (non-hydrogen) atoms. The highest BCUT2D eigenvalue weighted by Crippen LogP contribution is 2.33. The van der Waals surface area contributed by atoms with E-state index in [0.29, 0.717) is 17.5 Å². The van der Waals surface area contributed by atoms with Gasteiger partial charge in [0, 0.05) is 17.3 Å². The van der Waals surface area contributed by atoms with Gasteiger partial charge in [-0.3, -0.25) is 4.79 Å². The van der Waals surface area contributed by atoms with E-state index >= 15 is 0 Å². The third-order valence-electron chi connectivity index (χ3n) is 4.13. The predicted molar refractivity (Wildman–Crippen MR) is 91.1 cm³/mol. The number of fused-ring (bicyclic) bond motifs is 1. The number of rotatable bonds is 4. The molecule has 1 aliphatic rings. The zero-order valence-corrected chi connectivity index (χ0v) is 13.4. The van der Waals surface area contributed by atoms with Crippen LogP contribution in [0.4, 0.5) is 4.39 Å². The molecule has 4 heteroatoms. The highest BCUT2D eigenvalue weighted by atomic mass is 32.1. The molecule has 1 saturated carbocycles. The highest BCUT2D eigenvalue weighted by molar-refractivity contribution is 7.20. The highest BCUT2D eigenvalue weighted by Gasteiger charge is 2.33. The molecule has 0 aliphatic heterocycles. The Morgan fingerprint density at radius 2 is 1.91 bits per heavy atom. The number of nitrogens with zero attached hydrogens (tertiary/aromatic N) is 1. The van der Waals surface area contributed by atoms with Gasteiger partial charge in [0.25, 0.3) is 5.91 Å². The molecule has 3 aromatic rings. The molecule has 0 N–H and O–H groups in total. The molecule has 0 unspecified atom stereocenters. The van der Waals surface area contributed by atoms with Crippen molar-refractivity contribution in [3.8, 4) is 0 Å². The van der Waals surface area contributed by atoms with Crippen LogP contribution in [0, 0.1) is 5.82 Å². The third kappa shape index (κ3) is 2.99. The van der Waals surface area contributed by atoms with Crippen LogP contribution in [0.15, 0.2) is 54.6 Å². The van der Waals surface area contributed by atoms with Gasteiger partial charge in [0.1, 0.15) is 5.82 Å². The molecule has 0 spiro atoms. The van der Waals surface area contributed by atoms with Crippen molar-refractivity contribution >= 4 is 27.3 Å². The lowest BCUT2D eigenvalue weighted by Gasteiger charge is -2.21. The van der Waals surface area contributed by atoms with Crippen molar-refractivity contribution < 1.29 is 9.18 Å². The van der Waals surface area contributed by atoms with E-state index in [1.807, 2.05) is 41.3 Å². The number of carbonyl (C=O) groups is 1. The lowest BCUT2D eigenvalue weighted by molar-refractivity contribution is 0.0735. The maximum Gasteiger partial charge on any atom is 0.264 e. The van der Waals surface area contributed by atoms with Crippen LogP contribution in [0.25, 0.3) is 10.1 Å². The smallest absolute Gasteiger partial charge is 0.264 e. The van der Waals surface area contributed by atoms with Crippen LogP contribution in [0.3, 0.4) is 0 Å². The van der Waals surface area contributed by atoms with Gasteiger partial charge in [-0.1, -0.05) is 30.3 Å². The number of carbonyl (C=O) groups excluding carboxylic acids is 1. The van der Waals surface area contributed by atoms with Crippen molar-refractivity contribution in [3.63, 3.8) is 0 Å². The van der Waals surface area contributed by atoms with Crippen LogP contribution in [-0.2, 0) is 6.54 Å². The Hall–Kier alpha value is -2.20. The number of halogens is 1. The van der Waals surface area contributed by atoms with Crippen molar-refractivity contribution in [1.29, 1.82) is 0 Å². The molecule has 116 valence electrons. The number of hydrogen-bond donors (Lipinski definition) is 0. The van der Waals surface area contributed by atoms with Gasteiger partial charge >= 0.3 is 0 Å². The van der Waals surface area contributed by atoms with Gasteiger partial charge in [0.05, 0.1) is 4.88 Å². The molecule has 1 aromatic heterocycles. The van der Waals surface area contributed by atoms with Crippen LogP contribution in [0.2, 0.25) is 0 Å². The molecule has 4 rings (SSSR count). The molecule has 1 fully saturated rings. The van der Waals surface area contributed by atoms with Crippen molar-refractivity contribution in [3.05, 3.63) is 70.9 Å². The lowest BCUT2D eigenvalue weighted by atomic mass is 10.2. The minimum Gasteiger partial charge on any atom is -0.331 e. The van der Waals surface area contributed by atoms with Gasteiger partial charge in [-0.05, 0) is 48.1 Å². The van der Waals surface area contributed by atoms with Crippen LogP contribution in [-0.4, -0.2) is 16.8 Å². The van der Waals surface area contributed by atoms with Gasteiger partial charge < -0.3 is 4.90 Å². The molecule has 1 aliphatic carbocycles. The number of benzene rings is 2. The molecule has 1 heterocycles. The van der Waals surface area contributed by atoms with Gasteiger partial charge in [-0.2, -0.15) is 0 Å². The summed E-state index contributed by atoms with van der Waals surface area (Å²) in [6.07, 6.45) is 2.14. The fraction of sp³-hybridized carbons (Fsp3) is 0.211. The van der Waals surface area contributed by atoms with E-state index in [1.165, 1.54) is 23.5 Å². The first-order chi connectivity index (χ1) is 11.2. The molecule has 1 amide bonds.